The predicted molar refractivity (Wildman–Crippen MR) is 182 cm³/mol. The summed E-state index contributed by atoms with van der Waals surface area (Å²) in [6.45, 7) is 9.64. The van der Waals surface area contributed by atoms with Gasteiger partial charge in [-0.05, 0) is 67.5 Å². The number of sulfonamides is 1. The van der Waals surface area contributed by atoms with Crippen LogP contribution >= 0.6 is 0 Å². The highest BCUT2D eigenvalue weighted by atomic mass is 32.2. The molecule has 258 valence electrons. The van der Waals surface area contributed by atoms with Gasteiger partial charge in [0, 0.05) is 38.7 Å². The van der Waals surface area contributed by atoms with Gasteiger partial charge in [-0.3, -0.25) is 14.4 Å². The number of nitrogens with one attached hydrogen (secondary N) is 2. The Morgan fingerprint density at radius 3 is 2.19 bits per heavy atom. The lowest BCUT2D eigenvalue weighted by Gasteiger charge is -2.37. The third-order valence-electron chi connectivity index (χ3n) is 9.21. The summed E-state index contributed by atoms with van der Waals surface area (Å²) in [6, 6.07) is 5.73. The van der Waals surface area contributed by atoms with E-state index in [1.54, 1.807) is 39.0 Å². The molecule has 2 aliphatic rings. The summed E-state index contributed by atoms with van der Waals surface area (Å²) in [5.41, 5.74) is 2.86. The average Bonchev–Trinajstić information content (AvgIpc) is 3.29. The smallest absolute Gasteiger partial charge is 0.245 e. The van der Waals surface area contributed by atoms with E-state index in [2.05, 4.69) is 10.6 Å². The molecule has 1 fully saturated rings. The van der Waals surface area contributed by atoms with Crippen molar-refractivity contribution in [1.82, 2.24) is 14.5 Å². The van der Waals surface area contributed by atoms with Crippen molar-refractivity contribution in [2.45, 2.75) is 71.2 Å². The van der Waals surface area contributed by atoms with E-state index in [0.717, 1.165) is 11.1 Å². The molecule has 1 saturated heterocycles. The van der Waals surface area contributed by atoms with Crippen LogP contribution in [0.15, 0.2) is 29.1 Å². The molecule has 0 radical (unpaired) electrons. The van der Waals surface area contributed by atoms with Gasteiger partial charge in [0.15, 0.2) is 11.5 Å². The number of carbonyl (C=O) groups is 2. The molecule has 0 aromatic heterocycles. The zero-order valence-electron chi connectivity index (χ0n) is 28.6. The molecule has 2 N–H and O–H groups in total. The lowest BCUT2D eigenvalue weighted by molar-refractivity contribution is -0.134. The van der Waals surface area contributed by atoms with Gasteiger partial charge < -0.3 is 29.7 Å². The van der Waals surface area contributed by atoms with Crippen molar-refractivity contribution in [3.63, 3.8) is 0 Å². The fourth-order valence-electron chi connectivity index (χ4n) is 6.34. The summed E-state index contributed by atoms with van der Waals surface area (Å²) < 4.78 is 44.0. The second kappa shape index (κ2) is 14.9. The number of benzene rings is 1. The number of aryl methyl sites for hydroxylation is 1. The van der Waals surface area contributed by atoms with Gasteiger partial charge in [-0.15, -0.1) is 0 Å². The first kappa shape index (κ1) is 36.0. The molecule has 4 rings (SSSR count). The number of fused-ring (bicyclic) bond motifs is 3. The van der Waals surface area contributed by atoms with Gasteiger partial charge in [0.05, 0.1) is 38.3 Å². The van der Waals surface area contributed by atoms with E-state index in [-0.39, 0.29) is 55.0 Å². The summed E-state index contributed by atoms with van der Waals surface area (Å²) in [7, 11) is 1.21. The summed E-state index contributed by atoms with van der Waals surface area (Å²) in [6.07, 6.45) is 1.77. The van der Waals surface area contributed by atoms with Crippen molar-refractivity contribution >= 4 is 27.5 Å². The number of hydrogen-bond donors (Lipinski definition) is 2. The average molecular weight is 673 g/mol. The Morgan fingerprint density at radius 1 is 0.979 bits per heavy atom. The highest BCUT2D eigenvalue weighted by Gasteiger charge is 2.35. The number of piperazine rings is 1. The van der Waals surface area contributed by atoms with E-state index in [1.807, 2.05) is 26.0 Å². The van der Waals surface area contributed by atoms with Crippen molar-refractivity contribution in [3.8, 4) is 28.4 Å². The van der Waals surface area contributed by atoms with E-state index in [4.69, 9.17) is 14.2 Å². The van der Waals surface area contributed by atoms with Crippen LogP contribution in [0, 0.1) is 5.92 Å². The Morgan fingerprint density at radius 2 is 1.64 bits per heavy atom. The largest absolute Gasteiger partial charge is 0.493 e. The van der Waals surface area contributed by atoms with Crippen LogP contribution in [0.2, 0.25) is 0 Å². The molecule has 0 saturated carbocycles. The lowest BCUT2D eigenvalue weighted by atomic mass is 9.95. The quantitative estimate of drug-likeness (QED) is 0.366. The first-order valence-electron chi connectivity index (χ1n) is 16.1. The molecule has 3 atom stereocenters. The first-order valence-corrected chi connectivity index (χ1v) is 17.6. The SMILES string of the molecule is CC[C@H](C)[C@@H](Nc1ccc2c(cc1=O)[C@H](NC(C)=O)CCc1cc(OC)c(OC)c(OC)c1-2)C(=O)N1CCN(S(=O)(=O)C(C)C)CC1. The Kier molecular flexibility index (Phi) is 11.4. The number of rotatable bonds is 11. The van der Waals surface area contributed by atoms with Crippen molar-refractivity contribution in [2.75, 3.05) is 52.8 Å². The minimum absolute atomic E-state index is 0.132. The van der Waals surface area contributed by atoms with Crippen LogP contribution in [0.5, 0.6) is 17.2 Å². The number of ether oxygens (including phenoxy) is 3. The minimum Gasteiger partial charge on any atom is -0.493 e. The zero-order chi connectivity index (χ0) is 34.6. The number of nitrogens with zero attached hydrogens (tertiary/aromatic N) is 2. The maximum absolute atomic E-state index is 13.9. The monoisotopic (exact) mass is 672 g/mol. The third-order valence-corrected chi connectivity index (χ3v) is 11.5. The van der Waals surface area contributed by atoms with Crippen LogP contribution < -0.4 is 30.3 Å². The lowest BCUT2D eigenvalue weighted by Crippen LogP contribution is -2.56. The van der Waals surface area contributed by atoms with E-state index < -0.39 is 27.4 Å². The second-order valence-electron chi connectivity index (χ2n) is 12.4. The molecule has 13 heteroatoms. The molecule has 1 heterocycles. The first-order chi connectivity index (χ1) is 22.3. The zero-order valence-corrected chi connectivity index (χ0v) is 29.5. The highest BCUT2D eigenvalue weighted by molar-refractivity contribution is 7.89. The Bertz CT molecular complexity index is 1650. The summed E-state index contributed by atoms with van der Waals surface area (Å²) in [4.78, 5) is 41.9. The number of methoxy groups -OCH3 is 3. The standard InChI is InChI=1S/C34H48N4O8S/c1-9-21(4)31(34(41)37-14-16-38(17-15-37)47(42,43)20(2)3)36-27-13-11-24-25(19-28(27)40)26(35-22(5)39)12-10-23-18-29(44-6)32(45-7)33(46-8)30(23)24/h11,13,18-21,26,31H,9-10,12,14-17H2,1-8H3,(H,35,39)(H,36,40)/t21-,26+,31+/m0/s1. The number of amides is 2. The topological polar surface area (TPSA) is 144 Å². The summed E-state index contributed by atoms with van der Waals surface area (Å²) in [5, 5.41) is 5.73. The highest BCUT2D eigenvalue weighted by Crippen LogP contribution is 2.50. The molecule has 0 unspecified atom stereocenters. The summed E-state index contributed by atoms with van der Waals surface area (Å²) >= 11 is 0. The second-order valence-corrected chi connectivity index (χ2v) is 14.9. The number of hydrogen-bond acceptors (Lipinski definition) is 9. The van der Waals surface area contributed by atoms with Gasteiger partial charge in [0.2, 0.25) is 33.0 Å². The normalized spacial score (nSPS) is 17.9. The number of carbonyl (C=O) groups excluding carboxylic acids is 2. The fraction of sp³-hybridized carbons (Fsp3) is 0.559. The molecule has 0 spiro atoms. The maximum Gasteiger partial charge on any atom is 0.245 e. The molecule has 1 aliphatic carbocycles. The van der Waals surface area contributed by atoms with E-state index in [0.29, 0.717) is 47.6 Å². The molecule has 2 aromatic carbocycles. The molecule has 2 aromatic rings. The molecule has 0 bridgehead atoms. The van der Waals surface area contributed by atoms with Gasteiger partial charge in [-0.1, -0.05) is 26.3 Å². The third kappa shape index (κ3) is 7.35. The van der Waals surface area contributed by atoms with E-state index in [1.165, 1.54) is 24.4 Å². The van der Waals surface area contributed by atoms with Crippen LogP contribution in [0.1, 0.15) is 64.6 Å². The predicted octanol–water partition coefficient (Wildman–Crippen LogP) is 3.57. The van der Waals surface area contributed by atoms with Gasteiger partial charge in [0.25, 0.3) is 0 Å². The van der Waals surface area contributed by atoms with Crippen molar-refractivity contribution in [1.29, 1.82) is 0 Å². The van der Waals surface area contributed by atoms with Crippen LogP contribution in [-0.2, 0) is 26.0 Å². The molecular formula is C34H48N4O8S. The summed E-state index contributed by atoms with van der Waals surface area (Å²) in [5.74, 6) is 0.822. The fourth-order valence-corrected chi connectivity index (χ4v) is 7.60. The molecule has 12 nitrogen and oxygen atoms in total. The minimum atomic E-state index is -3.42. The van der Waals surface area contributed by atoms with Crippen LogP contribution in [0.4, 0.5) is 5.69 Å². The van der Waals surface area contributed by atoms with Gasteiger partial charge in [-0.2, -0.15) is 4.31 Å². The van der Waals surface area contributed by atoms with Crippen molar-refractivity contribution in [3.05, 3.63) is 45.6 Å². The van der Waals surface area contributed by atoms with Crippen LogP contribution in [0.3, 0.4) is 0 Å². The molecular weight excluding hydrogens is 624 g/mol. The Balaban J connectivity index is 1.78. The molecule has 47 heavy (non-hydrogen) atoms. The Labute approximate surface area is 277 Å². The van der Waals surface area contributed by atoms with Gasteiger partial charge >= 0.3 is 0 Å². The molecule has 1 aliphatic heterocycles. The number of anilines is 1. The Hall–Kier alpha value is -3.84. The van der Waals surface area contributed by atoms with Gasteiger partial charge in [0.1, 0.15) is 6.04 Å². The van der Waals surface area contributed by atoms with Crippen LogP contribution in [0.25, 0.3) is 11.1 Å². The van der Waals surface area contributed by atoms with E-state index >= 15 is 0 Å². The van der Waals surface area contributed by atoms with Gasteiger partial charge in [-0.25, -0.2) is 8.42 Å². The molecule has 2 amide bonds. The van der Waals surface area contributed by atoms with Crippen molar-refractivity contribution in [2.24, 2.45) is 5.92 Å². The van der Waals surface area contributed by atoms with Crippen molar-refractivity contribution < 1.29 is 32.2 Å². The van der Waals surface area contributed by atoms with Crippen LogP contribution in [-0.4, -0.2) is 88.2 Å². The van der Waals surface area contributed by atoms with E-state index in [9.17, 15) is 22.8 Å². The maximum atomic E-state index is 13.9.